The molecule has 0 aliphatic heterocycles. The van der Waals surface area contributed by atoms with Crippen LogP contribution in [-0.2, 0) is 0 Å². The predicted molar refractivity (Wildman–Crippen MR) is 73.8 cm³/mol. The molecule has 0 saturated heterocycles. The summed E-state index contributed by atoms with van der Waals surface area (Å²) in [5.74, 6) is 0.475. The van der Waals surface area contributed by atoms with E-state index in [1.807, 2.05) is 0 Å². The molecule has 7 heteroatoms. The van der Waals surface area contributed by atoms with Gasteiger partial charge >= 0.3 is 12.0 Å². The van der Waals surface area contributed by atoms with E-state index in [0.29, 0.717) is 5.95 Å². The Morgan fingerprint density at radius 2 is 1.58 bits per heavy atom. The molecule has 0 saturated carbocycles. The number of nitrogens with one attached hydrogen (secondary N) is 1. The maximum absolute atomic E-state index is 4.99. The maximum Gasteiger partial charge on any atom is 0.324 e. The number of rotatable bonds is 9. The van der Waals surface area contributed by atoms with Gasteiger partial charge in [-0.1, -0.05) is 13.8 Å². The third kappa shape index (κ3) is 5.25. The molecule has 0 aromatic carbocycles. The second-order valence-corrected chi connectivity index (χ2v) is 3.94. The van der Waals surface area contributed by atoms with Crippen LogP contribution < -0.4 is 14.8 Å². The van der Waals surface area contributed by atoms with Crippen LogP contribution in [-0.4, -0.2) is 60.3 Å². The van der Waals surface area contributed by atoms with Gasteiger partial charge in [-0.3, -0.25) is 0 Å². The van der Waals surface area contributed by atoms with Crippen LogP contribution in [0.1, 0.15) is 20.3 Å². The number of nitrogens with zero attached hydrogens (tertiary/aromatic N) is 4. The lowest BCUT2D eigenvalue weighted by atomic mass is 10.3. The highest BCUT2D eigenvalue weighted by molar-refractivity contribution is 5.27. The Bertz CT molecular complexity index is 349. The van der Waals surface area contributed by atoms with Crippen molar-refractivity contribution in [1.29, 1.82) is 0 Å². The highest BCUT2D eigenvalue weighted by atomic mass is 16.5. The highest BCUT2D eigenvalue weighted by Crippen LogP contribution is 2.11. The minimum Gasteiger partial charge on any atom is -0.467 e. The van der Waals surface area contributed by atoms with Gasteiger partial charge in [-0.05, 0) is 26.1 Å². The minimum absolute atomic E-state index is 0.248. The van der Waals surface area contributed by atoms with E-state index in [-0.39, 0.29) is 12.0 Å². The summed E-state index contributed by atoms with van der Waals surface area (Å²) in [7, 11) is 3.03. The largest absolute Gasteiger partial charge is 0.467 e. The Morgan fingerprint density at radius 3 is 2.05 bits per heavy atom. The Balaban J connectivity index is 2.44. The number of ether oxygens (including phenoxy) is 2. The molecule has 0 atom stereocenters. The summed E-state index contributed by atoms with van der Waals surface area (Å²) in [4.78, 5) is 14.5. The lowest BCUT2D eigenvalue weighted by Crippen LogP contribution is -2.25. The van der Waals surface area contributed by atoms with Crippen LogP contribution in [0.2, 0.25) is 0 Å². The van der Waals surface area contributed by atoms with Gasteiger partial charge in [0.1, 0.15) is 0 Å². The monoisotopic (exact) mass is 269 g/mol. The van der Waals surface area contributed by atoms with Gasteiger partial charge in [0.25, 0.3) is 0 Å². The van der Waals surface area contributed by atoms with Crippen molar-refractivity contribution >= 4 is 5.95 Å². The van der Waals surface area contributed by atoms with Crippen LogP contribution in [0.15, 0.2) is 0 Å². The molecular weight excluding hydrogens is 246 g/mol. The Kier molecular flexibility index (Phi) is 6.88. The zero-order valence-electron chi connectivity index (χ0n) is 12.1. The van der Waals surface area contributed by atoms with Gasteiger partial charge in [-0.15, -0.1) is 4.98 Å². The Hall–Kier alpha value is -1.63. The van der Waals surface area contributed by atoms with Gasteiger partial charge in [0.2, 0.25) is 5.95 Å². The van der Waals surface area contributed by atoms with Crippen molar-refractivity contribution in [3.63, 3.8) is 0 Å². The molecule has 1 aromatic heterocycles. The van der Waals surface area contributed by atoms with E-state index in [1.165, 1.54) is 14.2 Å². The second kappa shape index (κ2) is 8.47. The molecule has 0 fully saturated rings. The standard InChI is InChI=1S/C12H23N5O2/c1-5-17(6-2)9-7-8-13-10-14-11(18-3)16-12(15-10)19-4/h5-9H2,1-4H3,(H,13,14,15,16). The zero-order valence-corrected chi connectivity index (χ0v) is 12.1. The molecule has 0 amide bonds. The van der Waals surface area contributed by atoms with Crippen LogP contribution in [0.4, 0.5) is 5.95 Å². The number of methoxy groups -OCH3 is 2. The van der Waals surface area contributed by atoms with Crippen molar-refractivity contribution in [3.05, 3.63) is 0 Å². The van der Waals surface area contributed by atoms with Crippen molar-refractivity contribution in [1.82, 2.24) is 19.9 Å². The molecule has 1 rings (SSSR count). The smallest absolute Gasteiger partial charge is 0.324 e. The topological polar surface area (TPSA) is 72.4 Å². The molecule has 7 nitrogen and oxygen atoms in total. The van der Waals surface area contributed by atoms with Crippen molar-refractivity contribution < 1.29 is 9.47 Å². The third-order valence-corrected chi connectivity index (χ3v) is 2.79. The summed E-state index contributed by atoms with van der Waals surface area (Å²) >= 11 is 0. The van der Waals surface area contributed by atoms with Crippen molar-refractivity contribution in [2.45, 2.75) is 20.3 Å². The summed E-state index contributed by atoms with van der Waals surface area (Å²) in [6.07, 6.45) is 1.03. The fraction of sp³-hybridized carbons (Fsp3) is 0.750. The van der Waals surface area contributed by atoms with Crippen LogP contribution in [0.5, 0.6) is 12.0 Å². The average Bonchev–Trinajstić information content (AvgIpc) is 2.47. The maximum atomic E-state index is 4.99. The Labute approximate surface area is 114 Å². The van der Waals surface area contributed by atoms with Crippen LogP contribution >= 0.6 is 0 Å². The first-order valence-electron chi connectivity index (χ1n) is 6.53. The van der Waals surface area contributed by atoms with E-state index in [2.05, 4.69) is 39.0 Å². The van der Waals surface area contributed by atoms with E-state index in [1.54, 1.807) is 0 Å². The van der Waals surface area contributed by atoms with Crippen molar-refractivity contribution in [2.24, 2.45) is 0 Å². The molecule has 19 heavy (non-hydrogen) atoms. The summed E-state index contributed by atoms with van der Waals surface area (Å²) < 4.78 is 9.97. The van der Waals surface area contributed by atoms with Crippen LogP contribution in [0.3, 0.4) is 0 Å². The molecule has 0 radical (unpaired) electrons. The van der Waals surface area contributed by atoms with Crippen LogP contribution in [0, 0.1) is 0 Å². The average molecular weight is 269 g/mol. The summed E-state index contributed by atoms with van der Waals surface area (Å²) in [5.41, 5.74) is 0. The SMILES string of the molecule is CCN(CC)CCCNc1nc(OC)nc(OC)n1. The van der Waals surface area contributed by atoms with Crippen molar-refractivity contribution in [2.75, 3.05) is 45.7 Å². The van der Waals surface area contributed by atoms with Gasteiger partial charge in [0, 0.05) is 6.54 Å². The summed E-state index contributed by atoms with van der Waals surface area (Å²) in [6, 6.07) is 0.496. The van der Waals surface area contributed by atoms with Gasteiger partial charge in [-0.2, -0.15) is 9.97 Å². The molecular formula is C12H23N5O2. The fourth-order valence-electron chi connectivity index (χ4n) is 1.64. The van der Waals surface area contributed by atoms with E-state index in [4.69, 9.17) is 9.47 Å². The van der Waals surface area contributed by atoms with E-state index in [9.17, 15) is 0 Å². The van der Waals surface area contributed by atoms with Gasteiger partial charge in [0.05, 0.1) is 14.2 Å². The number of anilines is 1. The van der Waals surface area contributed by atoms with E-state index in [0.717, 1.165) is 32.6 Å². The molecule has 0 aliphatic rings. The summed E-state index contributed by atoms with van der Waals surface area (Å²) in [6.45, 7) is 8.33. The Morgan fingerprint density at radius 1 is 1.00 bits per heavy atom. The van der Waals surface area contributed by atoms with E-state index < -0.39 is 0 Å². The molecule has 0 bridgehead atoms. The first-order valence-corrected chi connectivity index (χ1v) is 6.53. The zero-order chi connectivity index (χ0) is 14.1. The molecule has 1 aromatic rings. The first kappa shape index (κ1) is 15.4. The molecule has 108 valence electrons. The third-order valence-electron chi connectivity index (χ3n) is 2.79. The molecule has 1 heterocycles. The molecule has 0 spiro atoms. The molecule has 0 aliphatic carbocycles. The second-order valence-electron chi connectivity index (χ2n) is 3.94. The quantitative estimate of drug-likeness (QED) is 0.671. The van der Waals surface area contributed by atoms with Crippen molar-refractivity contribution in [3.8, 4) is 12.0 Å². The van der Waals surface area contributed by atoms with E-state index >= 15 is 0 Å². The highest BCUT2D eigenvalue weighted by Gasteiger charge is 2.06. The number of hydrogen-bond donors (Lipinski definition) is 1. The predicted octanol–water partition coefficient (Wildman–Crippen LogP) is 1.03. The summed E-state index contributed by atoms with van der Waals surface area (Å²) in [5, 5.41) is 3.15. The van der Waals surface area contributed by atoms with Gasteiger partial charge < -0.3 is 19.7 Å². The number of hydrogen-bond acceptors (Lipinski definition) is 7. The molecule has 0 unspecified atom stereocenters. The first-order chi connectivity index (χ1) is 9.23. The molecule has 1 N–H and O–H groups in total. The number of aromatic nitrogens is 3. The van der Waals surface area contributed by atoms with Gasteiger partial charge in [0.15, 0.2) is 0 Å². The lowest BCUT2D eigenvalue weighted by Gasteiger charge is -2.17. The normalized spacial score (nSPS) is 10.6. The fourth-order valence-corrected chi connectivity index (χ4v) is 1.64. The minimum atomic E-state index is 0.248. The lowest BCUT2D eigenvalue weighted by molar-refractivity contribution is 0.302. The van der Waals surface area contributed by atoms with Crippen LogP contribution in [0.25, 0.3) is 0 Å². The van der Waals surface area contributed by atoms with Gasteiger partial charge in [-0.25, -0.2) is 0 Å².